The maximum atomic E-state index is 14.3. The van der Waals surface area contributed by atoms with Gasteiger partial charge in [0.25, 0.3) is 0 Å². The molecule has 3 rings (SSSR count). The zero-order chi connectivity index (χ0) is 21.2. The highest BCUT2D eigenvalue weighted by atomic mass is 19.1. The number of carbonyl (C=O) groups excluding carboxylic acids is 1. The molecule has 1 fully saturated rings. The average Bonchev–Trinajstić information content (AvgIpc) is 2.61. The molecule has 1 aromatic carbocycles. The van der Waals surface area contributed by atoms with Gasteiger partial charge in [-0.25, -0.2) is 9.18 Å². The Hall–Kier alpha value is -2.70. The van der Waals surface area contributed by atoms with Crippen molar-refractivity contribution >= 4 is 6.09 Å². The fraction of sp³-hybridized carbons (Fsp3) is 0.500. The van der Waals surface area contributed by atoms with Gasteiger partial charge in [-0.2, -0.15) is 10.2 Å². The van der Waals surface area contributed by atoms with Crippen molar-refractivity contribution < 1.29 is 19.0 Å². The number of benzene rings is 1. The number of rotatable bonds is 3. The second-order valence-electron chi connectivity index (χ2n) is 8.58. The van der Waals surface area contributed by atoms with Gasteiger partial charge in [-0.05, 0) is 76.8 Å². The zero-order valence-corrected chi connectivity index (χ0v) is 17.4. The van der Waals surface area contributed by atoms with Crippen molar-refractivity contribution in [2.45, 2.75) is 65.0 Å². The zero-order valence-electron chi connectivity index (χ0n) is 17.4. The number of ether oxygens (including phenoxy) is 1. The van der Waals surface area contributed by atoms with Gasteiger partial charge in [-0.1, -0.05) is 0 Å². The molecule has 1 aliphatic rings. The number of nitrogens with zero attached hydrogens (tertiary/aromatic N) is 3. The second-order valence-corrected chi connectivity index (χ2v) is 8.58. The predicted molar refractivity (Wildman–Crippen MR) is 108 cm³/mol. The number of hydrogen-bond acceptors (Lipinski definition) is 5. The molecule has 1 N–H and O–H groups in total. The number of phenols is 1. The van der Waals surface area contributed by atoms with Gasteiger partial charge in [0.1, 0.15) is 17.2 Å². The van der Waals surface area contributed by atoms with Crippen LogP contribution in [-0.2, 0) is 11.2 Å². The third kappa shape index (κ3) is 5.22. The summed E-state index contributed by atoms with van der Waals surface area (Å²) >= 11 is 0. The lowest BCUT2D eigenvalue weighted by atomic mass is 9.98. The lowest BCUT2D eigenvalue weighted by molar-refractivity contribution is 0.00982. The van der Waals surface area contributed by atoms with E-state index in [0.717, 1.165) is 19.3 Å². The van der Waals surface area contributed by atoms with Crippen molar-refractivity contribution in [3.05, 3.63) is 41.3 Å². The molecule has 2 aromatic rings. The van der Waals surface area contributed by atoms with Crippen molar-refractivity contribution in [3.63, 3.8) is 0 Å². The Kier molecular flexibility index (Phi) is 6.05. The van der Waals surface area contributed by atoms with E-state index in [9.17, 15) is 14.3 Å². The van der Waals surface area contributed by atoms with Crippen LogP contribution in [0.5, 0.6) is 5.75 Å². The van der Waals surface area contributed by atoms with Crippen molar-refractivity contribution in [1.82, 2.24) is 15.1 Å². The fourth-order valence-corrected chi connectivity index (χ4v) is 3.59. The highest BCUT2D eigenvalue weighted by molar-refractivity contribution is 5.69. The van der Waals surface area contributed by atoms with E-state index in [1.807, 2.05) is 20.8 Å². The highest BCUT2D eigenvalue weighted by Crippen LogP contribution is 2.31. The Morgan fingerprint density at radius 1 is 1.28 bits per heavy atom. The first-order valence-electron chi connectivity index (χ1n) is 9.96. The first-order valence-corrected chi connectivity index (χ1v) is 9.96. The van der Waals surface area contributed by atoms with E-state index in [-0.39, 0.29) is 29.1 Å². The van der Waals surface area contributed by atoms with Crippen LogP contribution in [0.2, 0.25) is 0 Å². The quantitative estimate of drug-likeness (QED) is 0.812. The van der Waals surface area contributed by atoms with Crippen LogP contribution in [-0.4, -0.2) is 44.5 Å². The van der Waals surface area contributed by atoms with Gasteiger partial charge < -0.3 is 14.7 Å². The number of aromatic hydroxyl groups is 1. The van der Waals surface area contributed by atoms with Gasteiger partial charge in [0.05, 0.1) is 17.0 Å². The summed E-state index contributed by atoms with van der Waals surface area (Å²) in [6.07, 6.45) is 3.10. The molecule has 0 radical (unpaired) electrons. The van der Waals surface area contributed by atoms with Crippen LogP contribution >= 0.6 is 0 Å². The summed E-state index contributed by atoms with van der Waals surface area (Å²) in [6, 6.07) is 6.25. The third-order valence-corrected chi connectivity index (χ3v) is 4.89. The summed E-state index contributed by atoms with van der Waals surface area (Å²) in [5.74, 6) is -0.694. The highest BCUT2D eigenvalue weighted by Gasteiger charge is 2.30. The molecule has 156 valence electrons. The minimum absolute atomic E-state index is 0.0109. The van der Waals surface area contributed by atoms with Crippen molar-refractivity contribution in [1.29, 1.82) is 0 Å². The average molecular weight is 401 g/mol. The Labute approximate surface area is 170 Å². The summed E-state index contributed by atoms with van der Waals surface area (Å²) in [4.78, 5) is 14.3. The van der Waals surface area contributed by atoms with E-state index in [0.29, 0.717) is 24.2 Å². The molecule has 1 aromatic heterocycles. The number of carbonyl (C=O) groups is 1. The largest absolute Gasteiger partial charge is 0.507 e. The SMILES string of the molecule is Cc1cc(O)c(-c2ccc(CC3CCCCN3C(=O)OC(C)(C)C)nn2)c(F)c1. The van der Waals surface area contributed by atoms with Crippen LogP contribution in [0.15, 0.2) is 24.3 Å². The monoisotopic (exact) mass is 401 g/mol. The third-order valence-electron chi connectivity index (χ3n) is 4.89. The first kappa shape index (κ1) is 21.0. The number of amides is 1. The second kappa shape index (κ2) is 8.35. The molecule has 1 unspecified atom stereocenters. The molecule has 1 atom stereocenters. The van der Waals surface area contributed by atoms with E-state index in [2.05, 4.69) is 10.2 Å². The smallest absolute Gasteiger partial charge is 0.410 e. The van der Waals surface area contributed by atoms with E-state index in [1.54, 1.807) is 24.0 Å². The molecule has 7 heteroatoms. The molecule has 0 spiro atoms. The maximum Gasteiger partial charge on any atom is 0.410 e. The lowest BCUT2D eigenvalue weighted by Gasteiger charge is -2.36. The Morgan fingerprint density at radius 2 is 2.03 bits per heavy atom. The predicted octanol–water partition coefficient (Wildman–Crippen LogP) is 4.63. The number of piperidine rings is 1. The van der Waals surface area contributed by atoms with Gasteiger partial charge in [0, 0.05) is 19.0 Å². The van der Waals surface area contributed by atoms with Crippen LogP contribution in [0, 0.1) is 12.7 Å². The van der Waals surface area contributed by atoms with E-state index < -0.39 is 11.4 Å². The van der Waals surface area contributed by atoms with Crippen molar-refractivity contribution in [2.24, 2.45) is 0 Å². The summed E-state index contributed by atoms with van der Waals surface area (Å²) < 4.78 is 19.8. The standard InChI is InChI=1S/C22H28FN3O3/c1-14-11-17(23)20(19(27)12-14)18-9-8-15(24-25-18)13-16-7-5-6-10-26(16)21(28)29-22(2,3)4/h8-9,11-12,16,27H,5-7,10,13H2,1-4H3. The van der Waals surface area contributed by atoms with Gasteiger partial charge >= 0.3 is 6.09 Å². The first-order chi connectivity index (χ1) is 13.6. The Bertz CT molecular complexity index is 855. The van der Waals surface area contributed by atoms with Gasteiger partial charge in [0.15, 0.2) is 0 Å². The van der Waals surface area contributed by atoms with Crippen LogP contribution in [0.3, 0.4) is 0 Å². The topological polar surface area (TPSA) is 75.5 Å². The van der Waals surface area contributed by atoms with Crippen molar-refractivity contribution in [2.75, 3.05) is 6.54 Å². The lowest BCUT2D eigenvalue weighted by Crippen LogP contribution is -2.47. The molecule has 1 amide bonds. The van der Waals surface area contributed by atoms with Gasteiger partial charge in [-0.15, -0.1) is 0 Å². The molecular formula is C22H28FN3O3. The number of aromatic nitrogens is 2. The normalized spacial score (nSPS) is 17.3. The van der Waals surface area contributed by atoms with E-state index in [1.165, 1.54) is 12.1 Å². The maximum absolute atomic E-state index is 14.3. The van der Waals surface area contributed by atoms with Gasteiger partial charge in [-0.3, -0.25) is 0 Å². The summed E-state index contributed by atoms with van der Waals surface area (Å²) in [6.45, 7) is 7.94. The van der Waals surface area contributed by atoms with Crippen LogP contribution in [0.25, 0.3) is 11.3 Å². The van der Waals surface area contributed by atoms with Crippen LogP contribution in [0.1, 0.15) is 51.3 Å². The molecular weight excluding hydrogens is 373 g/mol. The summed E-state index contributed by atoms with van der Waals surface area (Å²) in [7, 11) is 0. The molecule has 0 aliphatic carbocycles. The molecule has 2 heterocycles. The summed E-state index contributed by atoms with van der Waals surface area (Å²) in [5.41, 5.74) is 1.12. The molecule has 1 saturated heterocycles. The molecule has 0 saturated carbocycles. The molecule has 6 nitrogen and oxygen atoms in total. The number of halogens is 1. The number of hydrogen-bond donors (Lipinski definition) is 1. The van der Waals surface area contributed by atoms with Crippen LogP contribution in [0.4, 0.5) is 9.18 Å². The molecule has 0 bridgehead atoms. The Morgan fingerprint density at radius 3 is 2.66 bits per heavy atom. The molecule has 29 heavy (non-hydrogen) atoms. The van der Waals surface area contributed by atoms with E-state index >= 15 is 0 Å². The minimum atomic E-state index is -0.541. The number of likely N-dealkylation sites (tertiary alicyclic amines) is 1. The van der Waals surface area contributed by atoms with E-state index in [4.69, 9.17) is 4.74 Å². The van der Waals surface area contributed by atoms with Gasteiger partial charge in [0.2, 0.25) is 0 Å². The number of phenolic OH excluding ortho intramolecular Hbond substituents is 1. The van der Waals surface area contributed by atoms with Crippen molar-refractivity contribution in [3.8, 4) is 17.0 Å². The summed E-state index contributed by atoms with van der Waals surface area (Å²) in [5, 5.41) is 18.4. The minimum Gasteiger partial charge on any atom is -0.507 e. The number of aryl methyl sites for hydroxylation is 1. The Balaban J connectivity index is 1.75. The fourth-order valence-electron chi connectivity index (χ4n) is 3.59. The molecule has 1 aliphatic heterocycles. The van der Waals surface area contributed by atoms with Crippen LogP contribution < -0.4 is 0 Å².